The lowest BCUT2D eigenvalue weighted by Crippen LogP contribution is -2.25. The van der Waals surface area contributed by atoms with Crippen molar-refractivity contribution in [3.8, 4) is 11.5 Å². The fourth-order valence-electron chi connectivity index (χ4n) is 2.73. The van der Waals surface area contributed by atoms with Crippen LogP contribution in [0.15, 0.2) is 65.3 Å². The minimum atomic E-state index is -0.269. The first-order chi connectivity index (χ1) is 11.6. The summed E-state index contributed by atoms with van der Waals surface area (Å²) in [4.78, 5) is 4.48. The van der Waals surface area contributed by atoms with E-state index in [1.165, 1.54) is 17.7 Å². The molecule has 0 bridgehead atoms. The van der Waals surface area contributed by atoms with Crippen molar-refractivity contribution in [2.75, 3.05) is 0 Å². The van der Waals surface area contributed by atoms with Crippen LogP contribution in [0.5, 0.6) is 0 Å². The molecule has 0 radical (unpaired) electrons. The third kappa shape index (κ3) is 3.89. The Morgan fingerprint density at radius 1 is 1.04 bits per heavy atom. The molecule has 1 aromatic heterocycles. The van der Waals surface area contributed by atoms with Crippen LogP contribution in [0.2, 0.25) is 0 Å². The van der Waals surface area contributed by atoms with E-state index in [0.717, 1.165) is 11.3 Å². The Labute approximate surface area is 141 Å². The maximum Gasteiger partial charge on any atom is 0.226 e. The van der Waals surface area contributed by atoms with E-state index in [1.807, 2.05) is 6.07 Å². The van der Waals surface area contributed by atoms with E-state index in [4.69, 9.17) is 4.42 Å². The van der Waals surface area contributed by atoms with Crippen LogP contribution in [0.1, 0.15) is 31.1 Å². The predicted octanol–water partition coefficient (Wildman–Crippen LogP) is 4.97. The minimum Gasteiger partial charge on any atom is -0.444 e. The van der Waals surface area contributed by atoms with Crippen LogP contribution in [0, 0.1) is 11.7 Å². The van der Waals surface area contributed by atoms with Gasteiger partial charge in [-0.3, -0.25) is 0 Å². The Hall–Kier alpha value is -2.46. The van der Waals surface area contributed by atoms with Gasteiger partial charge in [0.1, 0.15) is 12.1 Å². The zero-order chi connectivity index (χ0) is 16.9. The summed E-state index contributed by atoms with van der Waals surface area (Å²) in [6, 6.07) is 16.8. The normalized spacial score (nSPS) is 12.5. The Balaban J connectivity index is 1.69. The largest absolute Gasteiger partial charge is 0.444 e. The van der Waals surface area contributed by atoms with E-state index >= 15 is 0 Å². The molecular weight excluding hydrogens is 303 g/mol. The van der Waals surface area contributed by atoms with E-state index < -0.39 is 0 Å². The van der Waals surface area contributed by atoms with Gasteiger partial charge < -0.3 is 9.73 Å². The van der Waals surface area contributed by atoms with Crippen molar-refractivity contribution >= 4 is 0 Å². The number of aromatic nitrogens is 1. The molecule has 0 spiro atoms. The molecule has 0 aliphatic carbocycles. The maximum absolute atomic E-state index is 13.0. The van der Waals surface area contributed by atoms with Crippen molar-refractivity contribution < 1.29 is 8.81 Å². The molecule has 0 aliphatic heterocycles. The van der Waals surface area contributed by atoms with Gasteiger partial charge in [-0.05, 0) is 35.7 Å². The molecule has 24 heavy (non-hydrogen) atoms. The highest BCUT2D eigenvalue weighted by Crippen LogP contribution is 2.23. The van der Waals surface area contributed by atoms with Crippen molar-refractivity contribution in [2.24, 2.45) is 5.92 Å². The van der Waals surface area contributed by atoms with Crippen LogP contribution in [-0.4, -0.2) is 4.98 Å². The van der Waals surface area contributed by atoms with Crippen molar-refractivity contribution in [3.63, 3.8) is 0 Å². The second-order valence-corrected chi connectivity index (χ2v) is 6.16. The number of nitrogens with one attached hydrogen (secondary N) is 1. The van der Waals surface area contributed by atoms with Crippen molar-refractivity contribution in [3.05, 3.63) is 77.9 Å². The van der Waals surface area contributed by atoms with Crippen LogP contribution < -0.4 is 5.32 Å². The van der Waals surface area contributed by atoms with Crippen molar-refractivity contribution in [1.82, 2.24) is 10.3 Å². The fraction of sp³-hybridized carbons (Fsp3) is 0.250. The maximum atomic E-state index is 13.0. The van der Waals surface area contributed by atoms with Gasteiger partial charge in [0.15, 0.2) is 0 Å². The molecule has 1 atom stereocenters. The molecule has 3 rings (SSSR count). The van der Waals surface area contributed by atoms with Gasteiger partial charge >= 0.3 is 0 Å². The van der Waals surface area contributed by atoms with Gasteiger partial charge in [0.05, 0.1) is 5.69 Å². The van der Waals surface area contributed by atoms with Gasteiger partial charge in [-0.15, -0.1) is 0 Å². The van der Waals surface area contributed by atoms with Crippen LogP contribution in [0.25, 0.3) is 11.5 Å². The molecule has 0 saturated carbocycles. The second kappa shape index (κ2) is 7.41. The van der Waals surface area contributed by atoms with Crippen molar-refractivity contribution in [2.45, 2.75) is 26.4 Å². The lowest BCUT2D eigenvalue weighted by molar-refractivity contribution is 0.408. The third-order valence-corrected chi connectivity index (χ3v) is 3.97. The number of rotatable bonds is 6. The number of hydrogen-bond acceptors (Lipinski definition) is 3. The number of oxazole rings is 1. The lowest BCUT2D eigenvalue weighted by atomic mass is 9.96. The Morgan fingerprint density at radius 2 is 1.75 bits per heavy atom. The summed E-state index contributed by atoms with van der Waals surface area (Å²) in [5.41, 5.74) is 2.86. The second-order valence-electron chi connectivity index (χ2n) is 6.16. The molecule has 1 heterocycles. The molecule has 0 amide bonds. The molecular formula is C20H21FN2O. The molecule has 2 aromatic carbocycles. The molecule has 0 saturated heterocycles. The standard InChI is InChI=1S/C20H21FN2O/c1-14(2)19(15-6-4-3-5-7-15)22-12-18-13-24-20(23-18)16-8-10-17(21)11-9-16/h3-11,13-14,19,22H,12H2,1-2H3. The smallest absolute Gasteiger partial charge is 0.226 e. The van der Waals surface area contributed by atoms with E-state index in [0.29, 0.717) is 18.4 Å². The van der Waals surface area contributed by atoms with E-state index in [-0.39, 0.29) is 11.9 Å². The fourth-order valence-corrected chi connectivity index (χ4v) is 2.73. The average Bonchev–Trinajstić information content (AvgIpc) is 3.05. The molecule has 0 fully saturated rings. The highest BCUT2D eigenvalue weighted by molar-refractivity contribution is 5.52. The third-order valence-electron chi connectivity index (χ3n) is 3.97. The average molecular weight is 324 g/mol. The monoisotopic (exact) mass is 324 g/mol. The Bertz CT molecular complexity index is 766. The number of benzene rings is 2. The minimum absolute atomic E-state index is 0.247. The number of nitrogens with zero attached hydrogens (tertiary/aromatic N) is 1. The first-order valence-electron chi connectivity index (χ1n) is 8.12. The summed E-state index contributed by atoms with van der Waals surface area (Å²) in [6.45, 7) is 5.00. The van der Waals surface area contributed by atoms with Gasteiger partial charge in [0.25, 0.3) is 0 Å². The van der Waals surface area contributed by atoms with E-state index in [2.05, 4.69) is 48.4 Å². The molecule has 4 heteroatoms. The van der Waals surface area contributed by atoms with E-state index in [9.17, 15) is 4.39 Å². The highest BCUT2D eigenvalue weighted by atomic mass is 19.1. The number of hydrogen-bond donors (Lipinski definition) is 1. The molecule has 3 nitrogen and oxygen atoms in total. The van der Waals surface area contributed by atoms with E-state index in [1.54, 1.807) is 18.4 Å². The van der Waals surface area contributed by atoms with Gasteiger partial charge in [-0.1, -0.05) is 44.2 Å². The molecule has 1 unspecified atom stereocenters. The summed E-state index contributed by atoms with van der Waals surface area (Å²) < 4.78 is 18.5. The van der Waals surface area contributed by atoms with Crippen LogP contribution >= 0.6 is 0 Å². The van der Waals surface area contributed by atoms with Crippen LogP contribution in [0.3, 0.4) is 0 Å². The number of halogens is 1. The summed E-state index contributed by atoms with van der Waals surface area (Å²) in [5, 5.41) is 3.54. The summed E-state index contributed by atoms with van der Waals surface area (Å²) in [6.07, 6.45) is 1.65. The molecule has 0 aliphatic rings. The first-order valence-corrected chi connectivity index (χ1v) is 8.12. The quantitative estimate of drug-likeness (QED) is 0.696. The van der Waals surface area contributed by atoms with Crippen LogP contribution in [-0.2, 0) is 6.54 Å². The Kier molecular flexibility index (Phi) is 5.06. The summed E-state index contributed by atoms with van der Waals surface area (Å²) >= 11 is 0. The lowest BCUT2D eigenvalue weighted by Gasteiger charge is -2.22. The molecule has 3 aromatic rings. The van der Waals surface area contributed by atoms with Crippen molar-refractivity contribution in [1.29, 1.82) is 0 Å². The summed E-state index contributed by atoms with van der Waals surface area (Å²) in [5.74, 6) is 0.693. The SMILES string of the molecule is CC(C)C(NCc1coc(-c2ccc(F)cc2)n1)c1ccccc1. The highest BCUT2D eigenvalue weighted by Gasteiger charge is 2.16. The zero-order valence-corrected chi connectivity index (χ0v) is 13.9. The molecule has 1 N–H and O–H groups in total. The topological polar surface area (TPSA) is 38.1 Å². The summed E-state index contributed by atoms with van der Waals surface area (Å²) in [7, 11) is 0. The van der Waals surface area contributed by atoms with Gasteiger partial charge in [0, 0.05) is 18.2 Å². The predicted molar refractivity (Wildman–Crippen MR) is 92.8 cm³/mol. The Morgan fingerprint density at radius 3 is 2.42 bits per heavy atom. The first kappa shape index (κ1) is 16.4. The van der Waals surface area contributed by atoms with Gasteiger partial charge in [0.2, 0.25) is 5.89 Å². The van der Waals surface area contributed by atoms with Gasteiger partial charge in [-0.25, -0.2) is 9.37 Å². The van der Waals surface area contributed by atoms with Gasteiger partial charge in [-0.2, -0.15) is 0 Å². The molecule has 124 valence electrons. The van der Waals surface area contributed by atoms with Crippen LogP contribution in [0.4, 0.5) is 4.39 Å². The zero-order valence-electron chi connectivity index (χ0n) is 13.9.